The summed E-state index contributed by atoms with van der Waals surface area (Å²) >= 11 is 0. The van der Waals surface area contributed by atoms with Gasteiger partial charge in [-0.25, -0.2) is 13.6 Å². The van der Waals surface area contributed by atoms with Crippen molar-refractivity contribution < 1.29 is 18.7 Å². The summed E-state index contributed by atoms with van der Waals surface area (Å²) in [4.78, 5) is 11.0. The Morgan fingerprint density at radius 2 is 2.11 bits per heavy atom. The van der Waals surface area contributed by atoms with E-state index in [9.17, 15) is 13.6 Å². The first-order valence-electron chi connectivity index (χ1n) is 5.21. The highest BCUT2D eigenvalue weighted by molar-refractivity contribution is 5.95. The van der Waals surface area contributed by atoms with Crippen molar-refractivity contribution in [2.75, 3.05) is 0 Å². The lowest BCUT2D eigenvalue weighted by molar-refractivity contribution is 0.0697. The molecule has 0 bridgehead atoms. The first-order chi connectivity index (χ1) is 8.58. The third-order valence-corrected chi connectivity index (χ3v) is 2.43. The summed E-state index contributed by atoms with van der Waals surface area (Å²) in [6, 6.07) is 6.37. The summed E-state index contributed by atoms with van der Waals surface area (Å²) in [5.74, 6) is -1.06. The maximum atomic E-state index is 12.2. The van der Waals surface area contributed by atoms with Crippen molar-refractivity contribution in [1.29, 1.82) is 0 Å². The van der Waals surface area contributed by atoms with E-state index < -0.39 is 18.9 Å². The Morgan fingerprint density at radius 3 is 2.78 bits per heavy atom. The van der Waals surface area contributed by atoms with Gasteiger partial charge in [-0.15, -0.1) is 0 Å². The molecule has 0 aliphatic carbocycles. The summed E-state index contributed by atoms with van der Waals surface area (Å²) in [5.41, 5.74) is 1.09. The smallest absolute Gasteiger partial charge is 0.336 e. The molecule has 1 N–H and O–H groups in total. The summed E-state index contributed by atoms with van der Waals surface area (Å²) in [6.45, 7) is -0.505. The highest BCUT2D eigenvalue weighted by Gasteiger charge is 2.13. The fraction of sp³-hybridized carbons (Fsp3) is 0.167. The lowest BCUT2D eigenvalue weighted by Crippen LogP contribution is -2.06. The third kappa shape index (κ3) is 2.53. The molecule has 6 heteroatoms. The molecule has 0 aliphatic rings. The number of carboxylic acid groups (broad SMARTS) is 1. The number of hydrogen-bond donors (Lipinski definition) is 1. The van der Waals surface area contributed by atoms with Crippen molar-refractivity contribution in [3.8, 4) is 11.1 Å². The summed E-state index contributed by atoms with van der Waals surface area (Å²) < 4.78 is 25.5. The van der Waals surface area contributed by atoms with E-state index in [4.69, 9.17) is 5.11 Å². The normalized spacial score (nSPS) is 10.8. The van der Waals surface area contributed by atoms with Gasteiger partial charge in [0.25, 0.3) is 6.43 Å². The van der Waals surface area contributed by atoms with Crippen LogP contribution >= 0.6 is 0 Å². The molecular weight excluding hydrogens is 242 g/mol. The number of benzene rings is 1. The second kappa shape index (κ2) is 4.95. The van der Waals surface area contributed by atoms with E-state index in [1.165, 1.54) is 18.5 Å². The highest BCUT2D eigenvalue weighted by Crippen LogP contribution is 2.23. The van der Waals surface area contributed by atoms with Gasteiger partial charge in [-0.05, 0) is 11.6 Å². The number of alkyl halides is 2. The molecule has 0 spiro atoms. The largest absolute Gasteiger partial charge is 0.478 e. The van der Waals surface area contributed by atoms with Gasteiger partial charge < -0.3 is 5.11 Å². The Kier molecular flexibility index (Phi) is 3.36. The number of hydrogen-bond acceptors (Lipinski definition) is 2. The first-order valence-corrected chi connectivity index (χ1v) is 5.21. The zero-order valence-electron chi connectivity index (χ0n) is 9.25. The van der Waals surface area contributed by atoms with Crippen LogP contribution in [0.15, 0.2) is 36.7 Å². The Labute approximate surface area is 101 Å². The molecule has 0 radical (unpaired) electrons. The predicted octanol–water partition coefficient (Wildman–Crippen LogP) is 2.51. The molecule has 0 aliphatic heterocycles. The number of carboxylic acids is 1. The molecule has 0 saturated carbocycles. The first kappa shape index (κ1) is 12.2. The fourth-order valence-electron chi connectivity index (χ4n) is 1.67. The number of halogens is 2. The molecular formula is C12H10F2N2O2. The molecule has 1 aromatic heterocycles. The third-order valence-electron chi connectivity index (χ3n) is 2.43. The van der Waals surface area contributed by atoms with Gasteiger partial charge >= 0.3 is 5.97 Å². The molecule has 2 aromatic rings. The van der Waals surface area contributed by atoms with Crippen LogP contribution in [0.4, 0.5) is 8.78 Å². The van der Waals surface area contributed by atoms with Crippen LogP contribution in [0, 0.1) is 0 Å². The lowest BCUT2D eigenvalue weighted by Gasteiger charge is -2.02. The predicted molar refractivity (Wildman–Crippen MR) is 60.6 cm³/mol. The van der Waals surface area contributed by atoms with Crippen LogP contribution in [0.2, 0.25) is 0 Å². The van der Waals surface area contributed by atoms with Crippen LogP contribution in [-0.2, 0) is 6.54 Å². The molecule has 1 aromatic carbocycles. The van der Waals surface area contributed by atoms with Crippen molar-refractivity contribution >= 4 is 5.97 Å². The summed E-state index contributed by atoms with van der Waals surface area (Å²) in [6.07, 6.45) is 0.297. The van der Waals surface area contributed by atoms with Gasteiger partial charge in [0.15, 0.2) is 0 Å². The van der Waals surface area contributed by atoms with Crippen LogP contribution in [0.5, 0.6) is 0 Å². The van der Waals surface area contributed by atoms with E-state index in [1.807, 2.05) is 0 Å². The summed E-state index contributed by atoms with van der Waals surface area (Å²) in [7, 11) is 0. The minimum Gasteiger partial charge on any atom is -0.478 e. The van der Waals surface area contributed by atoms with Gasteiger partial charge in [0.2, 0.25) is 0 Å². The van der Waals surface area contributed by atoms with Gasteiger partial charge in [-0.2, -0.15) is 5.10 Å². The van der Waals surface area contributed by atoms with Crippen LogP contribution in [0.1, 0.15) is 10.4 Å². The van der Waals surface area contributed by atoms with E-state index in [2.05, 4.69) is 5.10 Å². The second-order valence-electron chi connectivity index (χ2n) is 3.69. The van der Waals surface area contributed by atoms with Crippen LogP contribution in [0.25, 0.3) is 11.1 Å². The van der Waals surface area contributed by atoms with Crippen LogP contribution in [0.3, 0.4) is 0 Å². The zero-order chi connectivity index (χ0) is 13.1. The minimum absolute atomic E-state index is 0.120. The summed E-state index contributed by atoms with van der Waals surface area (Å²) in [5, 5.41) is 12.8. The Bertz CT molecular complexity index is 567. The molecule has 1 heterocycles. The molecule has 0 saturated heterocycles. The number of aromatic carboxylic acids is 1. The molecule has 4 nitrogen and oxygen atoms in total. The quantitative estimate of drug-likeness (QED) is 0.909. The van der Waals surface area contributed by atoms with Crippen molar-refractivity contribution in [1.82, 2.24) is 9.78 Å². The number of rotatable bonds is 4. The Morgan fingerprint density at radius 1 is 1.39 bits per heavy atom. The molecule has 94 valence electrons. The van der Waals surface area contributed by atoms with E-state index in [1.54, 1.807) is 18.2 Å². The molecule has 18 heavy (non-hydrogen) atoms. The maximum Gasteiger partial charge on any atom is 0.336 e. The monoisotopic (exact) mass is 252 g/mol. The molecule has 0 unspecified atom stereocenters. The Hall–Kier alpha value is -2.24. The van der Waals surface area contributed by atoms with Crippen molar-refractivity contribution in [2.24, 2.45) is 0 Å². The van der Waals surface area contributed by atoms with Crippen molar-refractivity contribution in [3.63, 3.8) is 0 Å². The molecule has 0 fully saturated rings. The van der Waals surface area contributed by atoms with E-state index in [0.29, 0.717) is 11.1 Å². The van der Waals surface area contributed by atoms with Crippen LogP contribution in [-0.4, -0.2) is 27.3 Å². The van der Waals surface area contributed by atoms with Crippen LogP contribution < -0.4 is 0 Å². The topological polar surface area (TPSA) is 55.1 Å². The molecule has 0 amide bonds. The number of nitrogens with zero attached hydrogens (tertiary/aromatic N) is 2. The maximum absolute atomic E-state index is 12.2. The van der Waals surface area contributed by atoms with Crippen molar-refractivity contribution in [2.45, 2.75) is 13.0 Å². The number of aromatic nitrogens is 2. The Balaban J connectivity index is 2.37. The van der Waals surface area contributed by atoms with E-state index >= 15 is 0 Å². The van der Waals surface area contributed by atoms with E-state index in [-0.39, 0.29) is 5.56 Å². The minimum atomic E-state index is -2.49. The highest BCUT2D eigenvalue weighted by atomic mass is 19.3. The average molecular weight is 252 g/mol. The zero-order valence-corrected chi connectivity index (χ0v) is 9.25. The number of carbonyl (C=O) groups is 1. The van der Waals surface area contributed by atoms with Gasteiger partial charge in [0, 0.05) is 11.8 Å². The molecule has 2 rings (SSSR count). The van der Waals surface area contributed by atoms with Gasteiger partial charge in [0.05, 0.1) is 11.8 Å². The average Bonchev–Trinajstić information content (AvgIpc) is 2.76. The SMILES string of the molecule is O=C(O)c1ccccc1-c1cnn(CC(F)F)c1. The lowest BCUT2D eigenvalue weighted by atomic mass is 10.0. The van der Waals surface area contributed by atoms with Gasteiger partial charge in [0.1, 0.15) is 6.54 Å². The standard InChI is InChI=1S/C12H10F2N2O2/c13-11(14)7-16-6-8(5-15-16)9-3-1-2-4-10(9)12(17)18/h1-6,11H,7H2,(H,17,18). The molecule has 0 atom stereocenters. The van der Waals surface area contributed by atoms with Crippen molar-refractivity contribution in [3.05, 3.63) is 42.2 Å². The second-order valence-corrected chi connectivity index (χ2v) is 3.69. The van der Waals surface area contributed by atoms with E-state index in [0.717, 1.165) is 4.68 Å². The fourth-order valence-corrected chi connectivity index (χ4v) is 1.67. The van der Waals surface area contributed by atoms with Gasteiger partial charge in [-0.1, -0.05) is 18.2 Å². The van der Waals surface area contributed by atoms with Gasteiger partial charge in [-0.3, -0.25) is 4.68 Å².